The number of urea groups is 1. The highest BCUT2D eigenvalue weighted by atomic mass is 32.2. The lowest BCUT2D eigenvalue weighted by molar-refractivity contribution is -0.137. The molecular weight excluding hydrogens is 270 g/mol. The molecule has 0 aliphatic carbocycles. The van der Waals surface area contributed by atoms with Gasteiger partial charge in [-0.1, -0.05) is 5.21 Å². The van der Waals surface area contributed by atoms with Gasteiger partial charge in [-0.15, -0.1) is 5.10 Å². The van der Waals surface area contributed by atoms with Crippen LogP contribution in [-0.4, -0.2) is 61.6 Å². The fraction of sp³-hybridized carbons (Fsp3) is 0.600. The van der Waals surface area contributed by atoms with Gasteiger partial charge in [-0.25, -0.2) is 9.48 Å². The zero-order valence-corrected chi connectivity index (χ0v) is 11.1. The van der Waals surface area contributed by atoms with Crippen LogP contribution in [0.15, 0.2) is 6.20 Å². The van der Waals surface area contributed by atoms with Gasteiger partial charge in [0.05, 0.1) is 12.7 Å². The molecule has 1 aliphatic rings. The van der Waals surface area contributed by atoms with Crippen LogP contribution in [0.25, 0.3) is 0 Å². The van der Waals surface area contributed by atoms with Crippen LogP contribution >= 0.6 is 11.8 Å². The van der Waals surface area contributed by atoms with Crippen molar-refractivity contribution >= 4 is 23.8 Å². The van der Waals surface area contributed by atoms with E-state index in [9.17, 15) is 9.59 Å². The molecule has 1 aromatic heterocycles. The van der Waals surface area contributed by atoms with Crippen LogP contribution in [0.3, 0.4) is 0 Å². The highest BCUT2D eigenvalue weighted by Crippen LogP contribution is 2.08. The number of carbonyl (C=O) groups excluding carboxylic acids is 1. The zero-order chi connectivity index (χ0) is 13.7. The number of aromatic nitrogens is 3. The summed E-state index contributed by atoms with van der Waals surface area (Å²) in [7, 11) is 0. The van der Waals surface area contributed by atoms with Crippen LogP contribution in [0.1, 0.15) is 5.69 Å². The second-order valence-corrected chi connectivity index (χ2v) is 5.28. The normalized spacial score (nSPS) is 15.3. The standard InChI is InChI=1S/C10H15N5O3S/c16-9(17)7-15-6-8(12-13-15)5-11-10(18)14-1-3-19-4-2-14/h6H,1-5,7H2,(H,11,18)(H,16,17). The summed E-state index contributed by atoms with van der Waals surface area (Å²) < 4.78 is 1.22. The third-order valence-electron chi connectivity index (χ3n) is 2.60. The van der Waals surface area contributed by atoms with Crippen molar-refractivity contribution in [1.82, 2.24) is 25.2 Å². The van der Waals surface area contributed by atoms with E-state index >= 15 is 0 Å². The van der Waals surface area contributed by atoms with Crippen molar-refractivity contribution in [1.29, 1.82) is 0 Å². The summed E-state index contributed by atoms with van der Waals surface area (Å²) >= 11 is 1.84. The van der Waals surface area contributed by atoms with E-state index in [1.807, 2.05) is 11.8 Å². The van der Waals surface area contributed by atoms with Crippen LogP contribution in [0, 0.1) is 0 Å². The number of carboxylic acid groups (broad SMARTS) is 1. The van der Waals surface area contributed by atoms with Gasteiger partial charge in [0, 0.05) is 24.6 Å². The van der Waals surface area contributed by atoms with E-state index in [0.717, 1.165) is 24.6 Å². The Labute approximate surface area is 114 Å². The lowest BCUT2D eigenvalue weighted by Crippen LogP contribution is -2.44. The Morgan fingerprint density at radius 3 is 2.84 bits per heavy atom. The Bertz CT molecular complexity index is 458. The van der Waals surface area contributed by atoms with Crippen molar-refractivity contribution in [2.75, 3.05) is 24.6 Å². The van der Waals surface area contributed by atoms with Crippen LogP contribution in [0.5, 0.6) is 0 Å². The van der Waals surface area contributed by atoms with Gasteiger partial charge in [-0.05, 0) is 0 Å². The van der Waals surface area contributed by atoms with E-state index in [1.165, 1.54) is 10.9 Å². The van der Waals surface area contributed by atoms with E-state index in [2.05, 4.69) is 15.6 Å². The monoisotopic (exact) mass is 285 g/mol. The molecular formula is C10H15N5O3S. The van der Waals surface area contributed by atoms with Crippen molar-refractivity contribution in [3.8, 4) is 0 Å². The molecule has 1 aromatic rings. The lowest BCUT2D eigenvalue weighted by atomic mass is 10.4. The predicted octanol–water partition coefficient (Wildman–Crippen LogP) is -0.379. The Morgan fingerprint density at radius 1 is 1.42 bits per heavy atom. The second kappa shape index (κ2) is 6.41. The molecule has 0 unspecified atom stereocenters. The van der Waals surface area contributed by atoms with Gasteiger partial charge >= 0.3 is 12.0 Å². The first kappa shape index (κ1) is 13.7. The fourth-order valence-corrected chi connectivity index (χ4v) is 2.58. The molecule has 19 heavy (non-hydrogen) atoms. The number of hydrogen-bond acceptors (Lipinski definition) is 5. The van der Waals surface area contributed by atoms with Gasteiger partial charge in [0.25, 0.3) is 0 Å². The zero-order valence-electron chi connectivity index (χ0n) is 10.3. The summed E-state index contributed by atoms with van der Waals surface area (Å²) in [5, 5.41) is 18.8. The molecule has 0 aromatic carbocycles. The minimum Gasteiger partial charge on any atom is -0.480 e. The molecule has 0 spiro atoms. The number of thioether (sulfide) groups is 1. The third-order valence-corrected chi connectivity index (χ3v) is 3.54. The smallest absolute Gasteiger partial charge is 0.325 e. The molecule has 2 amide bonds. The molecule has 2 heterocycles. The topological polar surface area (TPSA) is 100 Å². The molecule has 8 nitrogen and oxygen atoms in total. The molecule has 104 valence electrons. The molecule has 2 rings (SSSR count). The van der Waals surface area contributed by atoms with Crippen molar-refractivity contribution in [3.63, 3.8) is 0 Å². The minimum atomic E-state index is -0.980. The number of nitrogens with one attached hydrogen (secondary N) is 1. The van der Waals surface area contributed by atoms with Gasteiger partial charge in [0.15, 0.2) is 0 Å². The quantitative estimate of drug-likeness (QED) is 0.782. The maximum Gasteiger partial charge on any atom is 0.325 e. The van der Waals surface area contributed by atoms with E-state index in [-0.39, 0.29) is 19.1 Å². The molecule has 0 bridgehead atoms. The number of hydrogen-bond donors (Lipinski definition) is 2. The van der Waals surface area contributed by atoms with Crippen molar-refractivity contribution in [3.05, 3.63) is 11.9 Å². The molecule has 0 radical (unpaired) electrons. The van der Waals surface area contributed by atoms with Gasteiger partial charge in [-0.3, -0.25) is 4.79 Å². The summed E-state index contributed by atoms with van der Waals surface area (Å²) in [6.45, 7) is 1.52. The van der Waals surface area contributed by atoms with Crippen LogP contribution in [0.2, 0.25) is 0 Å². The van der Waals surface area contributed by atoms with E-state index in [1.54, 1.807) is 4.90 Å². The van der Waals surface area contributed by atoms with E-state index < -0.39 is 5.97 Å². The van der Waals surface area contributed by atoms with Crippen LogP contribution in [0.4, 0.5) is 4.79 Å². The number of aliphatic carboxylic acids is 1. The van der Waals surface area contributed by atoms with Crippen molar-refractivity contribution < 1.29 is 14.7 Å². The van der Waals surface area contributed by atoms with Crippen LogP contribution < -0.4 is 5.32 Å². The lowest BCUT2D eigenvalue weighted by Gasteiger charge is -2.26. The number of amides is 2. The Morgan fingerprint density at radius 2 is 2.16 bits per heavy atom. The SMILES string of the molecule is O=C(O)Cn1cc(CNC(=O)N2CCSCC2)nn1. The summed E-state index contributed by atoms with van der Waals surface area (Å²) in [5.41, 5.74) is 0.543. The molecule has 2 N–H and O–H groups in total. The Kier molecular flexibility index (Phi) is 4.61. The average Bonchev–Trinajstić information content (AvgIpc) is 2.84. The highest BCUT2D eigenvalue weighted by Gasteiger charge is 2.16. The summed E-state index contributed by atoms with van der Waals surface area (Å²) in [4.78, 5) is 24.1. The fourth-order valence-electron chi connectivity index (χ4n) is 1.68. The predicted molar refractivity (Wildman–Crippen MR) is 68.8 cm³/mol. The van der Waals surface area contributed by atoms with Gasteiger partial charge in [0.1, 0.15) is 12.2 Å². The Hall–Kier alpha value is -1.77. The molecule has 0 atom stereocenters. The third kappa shape index (κ3) is 4.12. The molecule has 0 saturated carbocycles. The summed E-state index contributed by atoms with van der Waals surface area (Å²) in [5.74, 6) is 0.941. The number of rotatable bonds is 4. The largest absolute Gasteiger partial charge is 0.480 e. The van der Waals surface area contributed by atoms with Crippen molar-refractivity contribution in [2.45, 2.75) is 13.1 Å². The first-order valence-corrected chi connectivity index (χ1v) is 7.02. The summed E-state index contributed by atoms with van der Waals surface area (Å²) in [6.07, 6.45) is 1.51. The average molecular weight is 285 g/mol. The minimum absolute atomic E-state index is 0.118. The van der Waals surface area contributed by atoms with Gasteiger partial charge in [-0.2, -0.15) is 11.8 Å². The maximum absolute atomic E-state index is 11.8. The number of carboxylic acids is 1. The van der Waals surface area contributed by atoms with Gasteiger partial charge in [0.2, 0.25) is 0 Å². The molecule has 1 fully saturated rings. The van der Waals surface area contributed by atoms with Gasteiger partial charge < -0.3 is 15.3 Å². The summed E-state index contributed by atoms with van der Waals surface area (Å²) in [6, 6.07) is -0.118. The molecule has 9 heteroatoms. The first-order chi connectivity index (χ1) is 9.15. The number of nitrogens with zero attached hydrogens (tertiary/aromatic N) is 4. The van der Waals surface area contributed by atoms with Crippen molar-refractivity contribution in [2.24, 2.45) is 0 Å². The molecule has 1 saturated heterocycles. The van der Waals surface area contributed by atoms with Crippen LogP contribution in [-0.2, 0) is 17.9 Å². The molecule has 1 aliphatic heterocycles. The van der Waals surface area contributed by atoms with E-state index in [0.29, 0.717) is 5.69 Å². The highest BCUT2D eigenvalue weighted by molar-refractivity contribution is 7.99. The first-order valence-electron chi connectivity index (χ1n) is 5.86. The van der Waals surface area contributed by atoms with E-state index in [4.69, 9.17) is 5.11 Å². The number of carbonyl (C=O) groups is 2. The second-order valence-electron chi connectivity index (χ2n) is 4.06. The Balaban J connectivity index is 1.79. The maximum atomic E-state index is 11.8.